The van der Waals surface area contributed by atoms with Gasteiger partial charge in [-0.3, -0.25) is 4.79 Å². The Morgan fingerprint density at radius 2 is 1.73 bits per heavy atom. The van der Waals surface area contributed by atoms with Gasteiger partial charge in [0.15, 0.2) is 15.5 Å². The van der Waals surface area contributed by atoms with E-state index in [0.29, 0.717) is 35.1 Å². The van der Waals surface area contributed by atoms with Crippen molar-refractivity contribution in [3.63, 3.8) is 0 Å². The zero-order valence-electron chi connectivity index (χ0n) is 22.0. The van der Waals surface area contributed by atoms with Crippen LogP contribution in [0.3, 0.4) is 0 Å². The van der Waals surface area contributed by atoms with Crippen molar-refractivity contribution in [2.75, 3.05) is 11.6 Å². The Bertz CT molecular complexity index is 1850. The minimum absolute atomic E-state index is 0.0780. The Morgan fingerprint density at radius 1 is 1.00 bits per heavy atom. The molecule has 1 aliphatic rings. The number of fused-ring (bicyclic) bond motifs is 1. The Balaban J connectivity index is 1.17. The third-order valence-electron chi connectivity index (χ3n) is 6.62. The number of rotatable bonds is 9. The molecule has 41 heavy (non-hydrogen) atoms. The molecule has 1 aliphatic carbocycles. The number of carbonyl (C=O) groups excluding carboxylic acids is 1. The highest BCUT2D eigenvalue weighted by molar-refractivity contribution is 7.90. The topological polar surface area (TPSA) is 115 Å². The molecule has 2 heterocycles. The molecule has 1 amide bonds. The molecule has 9 nitrogen and oxygen atoms in total. The number of anilines is 2. The molecule has 11 heteroatoms. The van der Waals surface area contributed by atoms with Gasteiger partial charge >= 0.3 is 0 Å². The van der Waals surface area contributed by atoms with E-state index >= 15 is 0 Å². The van der Waals surface area contributed by atoms with Gasteiger partial charge in [-0.25, -0.2) is 17.3 Å². The summed E-state index contributed by atoms with van der Waals surface area (Å²) >= 11 is 0. The molecule has 2 N–H and O–H groups in total. The normalized spacial score (nSPS) is 13.2. The Morgan fingerprint density at radius 3 is 2.44 bits per heavy atom. The Kier molecular flexibility index (Phi) is 6.88. The number of nitrogens with zero attached hydrogens (tertiary/aromatic N) is 3. The van der Waals surface area contributed by atoms with Crippen LogP contribution in [0.2, 0.25) is 0 Å². The molecule has 0 saturated heterocycles. The predicted molar refractivity (Wildman–Crippen MR) is 152 cm³/mol. The molecule has 0 spiro atoms. The molecular formula is C30H26FN5O4S. The highest BCUT2D eigenvalue weighted by Gasteiger charge is 2.25. The summed E-state index contributed by atoms with van der Waals surface area (Å²) < 4.78 is 44.7. The lowest BCUT2D eigenvalue weighted by Gasteiger charge is -2.12. The summed E-state index contributed by atoms with van der Waals surface area (Å²) in [7, 11) is -3.38. The van der Waals surface area contributed by atoms with Crippen LogP contribution in [-0.2, 0) is 16.4 Å². The summed E-state index contributed by atoms with van der Waals surface area (Å²) in [6, 6.07) is 21.7. The summed E-state index contributed by atoms with van der Waals surface area (Å²) in [5, 5.41) is 10.5. The fraction of sp³-hybridized carbons (Fsp3) is 0.167. The van der Waals surface area contributed by atoms with Crippen molar-refractivity contribution in [3.05, 3.63) is 102 Å². The molecule has 5 aromatic rings. The lowest BCUT2D eigenvalue weighted by atomic mass is 10.1. The number of hydrogen-bond acceptors (Lipinski definition) is 7. The van der Waals surface area contributed by atoms with Gasteiger partial charge in [-0.15, -0.1) is 5.10 Å². The maximum atomic E-state index is 13.1. The summed E-state index contributed by atoms with van der Waals surface area (Å²) in [6.45, 7) is 0.302. The Labute approximate surface area is 235 Å². The number of carbonyl (C=O) groups is 1. The van der Waals surface area contributed by atoms with E-state index in [9.17, 15) is 17.6 Å². The highest BCUT2D eigenvalue weighted by atomic mass is 32.2. The van der Waals surface area contributed by atoms with Crippen LogP contribution in [0.5, 0.6) is 5.75 Å². The van der Waals surface area contributed by atoms with E-state index in [1.165, 1.54) is 24.3 Å². The van der Waals surface area contributed by atoms with E-state index < -0.39 is 9.84 Å². The highest BCUT2D eigenvalue weighted by Crippen LogP contribution is 2.35. The van der Waals surface area contributed by atoms with Gasteiger partial charge in [0.1, 0.15) is 11.6 Å². The number of aromatic nitrogens is 3. The van der Waals surface area contributed by atoms with E-state index in [-0.39, 0.29) is 22.7 Å². The van der Waals surface area contributed by atoms with Crippen LogP contribution < -0.4 is 15.4 Å². The molecular weight excluding hydrogens is 545 g/mol. The Hall–Kier alpha value is -4.77. The monoisotopic (exact) mass is 571 g/mol. The van der Waals surface area contributed by atoms with E-state index in [4.69, 9.17) is 4.74 Å². The molecule has 0 radical (unpaired) electrons. The van der Waals surface area contributed by atoms with Crippen molar-refractivity contribution >= 4 is 33.0 Å². The van der Waals surface area contributed by atoms with Crippen LogP contribution in [0.25, 0.3) is 16.8 Å². The summed E-state index contributed by atoms with van der Waals surface area (Å²) in [5.74, 6) is 0.235. The van der Waals surface area contributed by atoms with E-state index in [0.717, 1.165) is 35.8 Å². The molecule has 0 aliphatic heterocycles. The molecule has 0 atom stereocenters. The smallest absolute Gasteiger partial charge is 0.251 e. The molecule has 0 unspecified atom stereocenters. The first-order valence-corrected chi connectivity index (χ1v) is 14.9. The van der Waals surface area contributed by atoms with Gasteiger partial charge < -0.3 is 15.4 Å². The van der Waals surface area contributed by atoms with Crippen LogP contribution in [0.1, 0.15) is 28.8 Å². The molecule has 1 fully saturated rings. The predicted octanol–water partition coefficient (Wildman–Crippen LogP) is 5.15. The number of amides is 1. The quantitative estimate of drug-likeness (QED) is 0.251. The van der Waals surface area contributed by atoms with Gasteiger partial charge in [-0.05, 0) is 72.5 Å². The number of ether oxygens (including phenoxy) is 1. The van der Waals surface area contributed by atoms with Crippen molar-refractivity contribution in [1.82, 2.24) is 19.9 Å². The second-order valence-corrected chi connectivity index (χ2v) is 11.9. The second kappa shape index (κ2) is 10.7. The minimum atomic E-state index is -3.38. The van der Waals surface area contributed by atoms with Gasteiger partial charge in [0, 0.05) is 36.2 Å². The second-order valence-electron chi connectivity index (χ2n) is 9.91. The summed E-state index contributed by atoms with van der Waals surface area (Å²) in [5.41, 5.74) is 4.28. The van der Waals surface area contributed by atoms with E-state index in [1.54, 1.807) is 34.8 Å². The van der Waals surface area contributed by atoms with Gasteiger partial charge in [0.2, 0.25) is 5.95 Å². The van der Waals surface area contributed by atoms with Crippen LogP contribution in [-0.4, -0.2) is 41.3 Å². The zero-order valence-corrected chi connectivity index (χ0v) is 22.9. The van der Waals surface area contributed by atoms with Crippen LogP contribution in [0.4, 0.5) is 16.0 Å². The van der Waals surface area contributed by atoms with Crippen LogP contribution >= 0.6 is 0 Å². The number of halogens is 1. The number of hydrogen-bond donors (Lipinski definition) is 2. The average molecular weight is 572 g/mol. The maximum Gasteiger partial charge on any atom is 0.251 e. The van der Waals surface area contributed by atoms with Gasteiger partial charge in [0.25, 0.3) is 5.91 Å². The van der Waals surface area contributed by atoms with Crippen molar-refractivity contribution in [2.24, 2.45) is 0 Å². The molecule has 1 saturated carbocycles. The number of sulfone groups is 1. The molecule has 3 aromatic carbocycles. The SMILES string of the molecule is CS(=O)(=O)c1ccc(Nc2nc3ccc(-c4ccc(C(=O)NCc5ccc(F)cc5)cc4)cn3n2)c(OC2CC2)c1. The fourth-order valence-electron chi connectivity index (χ4n) is 4.23. The van der Waals surface area contributed by atoms with Gasteiger partial charge in [0.05, 0.1) is 16.7 Å². The number of pyridine rings is 1. The third kappa shape index (κ3) is 6.20. The van der Waals surface area contributed by atoms with Crippen molar-refractivity contribution < 1.29 is 22.3 Å². The van der Waals surface area contributed by atoms with Crippen molar-refractivity contribution in [3.8, 4) is 16.9 Å². The molecule has 2 aromatic heterocycles. The van der Waals surface area contributed by atoms with Crippen LogP contribution in [0, 0.1) is 5.82 Å². The molecule has 0 bridgehead atoms. The lowest BCUT2D eigenvalue weighted by Crippen LogP contribution is -2.22. The minimum Gasteiger partial charge on any atom is -0.488 e. The van der Waals surface area contributed by atoms with Crippen molar-refractivity contribution in [2.45, 2.75) is 30.4 Å². The largest absolute Gasteiger partial charge is 0.488 e. The summed E-state index contributed by atoms with van der Waals surface area (Å²) in [4.78, 5) is 17.3. The molecule has 208 valence electrons. The number of benzene rings is 3. The number of nitrogens with one attached hydrogen (secondary N) is 2. The maximum absolute atomic E-state index is 13.1. The van der Waals surface area contributed by atoms with E-state index in [2.05, 4.69) is 20.7 Å². The first kappa shape index (κ1) is 26.5. The van der Waals surface area contributed by atoms with Crippen molar-refractivity contribution in [1.29, 1.82) is 0 Å². The van der Waals surface area contributed by atoms with Gasteiger partial charge in [-0.2, -0.15) is 4.98 Å². The first-order chi connectivity index (χ1) is 19.7. The lowest BCUT2D eigenvalue weighted by molar-refractivity contribution is 0.0951. The third-order valence-corrected chi connectivity index (χ3v) is 7.73. The average Bonchev–Trinajstić information content (AvgIpc) is 3.69. The van der Waals surface area contributed by atoms with Gasteiger partial charge in [-0.1, -0.05) is 24.3 Å². The van der Waals surface area contributed by atoms with E-state index in [1.807, 2.05) is 30.5 Å². The first-order valence-electron chi connectivity index (χ1n) is 13.0. The zero-order chi connectivity index (χ0) is 28.6. The fourth-order valence-corrected chi connectivity index (χ4v) is 4.86. The van der Waals surface area contributed by atoms with Crippen LogP contribution in [0.15, 0.2) is 90.0 Å². The summed E-state index contributed by atoms with van der Waals surface area (Å²) in [6.07, 6.45) is 4.94. The molecule has 6 rings (SSSR count). The standard InChI is InChI=1S/C30H26FN5O4S/c1-41(38,39)25-13-14-26(27(16-25)40-24-11-12-24)33-30-34-28-15-8-22(18-36(28)35-30)20-4-6-21(7-5-20)29(37)32-17-19-2-9-23(31)10-3-19/h2-10,13-16,18,24H,11-12,17H2,1H3,(H,32,37)(H,33,35).